The molecule has 1 N–H and O–H groups in total. The number of carbonyl (C=O) groups is 1. The van der Waals surface area contributed by atoms with E-state index in [2.05, 4.69) is 39.9 Å². The summed E-state index contributed by atoms with van der Waals surface area (Å²) in [6.07, 6.45) is -0.0562. The van der Waals surface area contributed by atoms with Crippen LogP contribution in [0.3, 0.4) is 0 Å². The Morgan fingerprint density at radius 3 is 2.29 bits per heavy atom. The van der Waals surface area contributed by atoms with Crippen LogP contribution in [0, 0.1) is 22.7 Å². The molecule has 0 saturated carbocycles. The van der Waals surface area contributed by atoms with E-state index in [1.807, 2.05) is 6.07 Å². The lowest BCUT2D eigenvalue weighted by molar-refractivity contribution is -0.122. The molecular weight excluding hydrogens is 176 g/mol. The molecule has 1 amide bonds. The maximum absolute atomic E-state index is 11.3. The second kappa shape index (κ2) is 4.99. The third-order valence-corrected chi connectivity index (χ3v) is 2.16. The van der Waals surface area contributed by atoms with Crippen molar-refractivity contribution in [3.05, 3.63) is 0 Å². The molecule has 0 aliphatic rings. The van der Waals surface area contributed by atoms with Crippen LogP contribution in [0.4, 0.5) is 0 Å². The fraction of sp³-hybridized carbons (Fsp3) is 0.818. The molecule has 14 heavy (non-hydrogen) atoms. The summed E-state index contributed by atoms with van der Waals surface area (Å²) in [6.45, 7) is 10.4. The molecule has 0 aliphatic heterocycles. The van der Waals surface area contributed by atoms with Crippen molar-refractivity contribution in [1.82, 2.24) is 5.32 Å². The molecule has 0 radical (unpaired) electrons. The van der Waals surface area contributed by atoms with Gasteiger partial charge in [-0.25, -0.2) is 0 Å². The van der Waals surface area contributed by atoms with Crippen LogP contribution in [-0.4, -0.2) is 11.9 Å². The molecule has 0 bridgehead atoms. The van der Waals surface area contributed by atoms with E-state index in [-0.39, 0.29) is 25.2 Å². The molecule has 0 unspecified atom stereocenters. The highest BCUT2D eigenvalue weighted by Crippen LogP contribution is 2.24. The van der Waals surface area contributed by atoms with Gasteiger partial charge in [-0.15, -0.1) is 0 Å². The molecule has 1 atom stereocenters. The van der Waals surface area contributed by atoms with Gasteiger partial charge in [0.2, 0.25) is 5.91 Å². The van der Waals surface area contributed by atoms with Crippen LogP contribution in [0.25, 0.3) is 0 Å². The molecule has 0 aromatic rings. The van der Waals surface area contributed by atoms with Gasteiger partial charge < -0.3 is 5.32 Å². The van der Waals surface area contributed by atoms with Crippen LogP contribution in [0.1, 0.15) is 42.5 Å². The molecule has 0 rings (SSSR count). The van der Waals surface area contributed by atoms with Crippen LogP contribution in [-0.2, 0) is 4.79 Å². The number of hydrogen-bond donors (Lipinski definition) is 1. The molecule has 0 aromatic heterocycles. The van der Waals surface area contributed by atoms with E-state index in [0.29, 0.717) is 5.92 Å². The molecule has 3 heteroatoms. The first-order valence-electron chi connectivity index (χ1n) is 4.95. The fourth-order valence-corrected chi connectivity index (χ4v) is 1.68. The molecule has 0 fully saturated rings. The summed E-state index contributed by atoms with van der Waals surface area (Å²) in [5, 5.41) is 11.3. The lowest BCUT2D eigenvalue weighted by Gasteiger charge is -2.34. The van der Waals surface area contributed by atoms with Gasteiger partial charge in [0.15, 0.2) is 0 Å². The summed E-state index contributed by atoms with van der Waals surface area (Å²) in [5.41, 5.74) is 0.0271. The maximum Gasteiger partial charge on any atom is 0.234 e. The van der Waals surface area contributed by atoms with Gasteiger partial charge in [0.25, 0.3) is 0 Å². The number of amides is 1. The van der Waals surface area contributed by atoms with E-state index < -0.39 is 0 Å². The normalized spacial score (nSPS) is 13.5. The lowest BCUT2D eigenvalue weighted by Crippen LogP contribution is -2.46. The minimum Gasteiger partial charge on any atom is -0.352 e. The molecule has 3 nitrogen and oxygen atoms in total. The minimum atomic E-state index is -0.180. The highest BCUT2D eigenvalue weighted by Gasteiger charge is 2.28. The van der Waals surface area contributed by atoms with E-state index in [1.165, 1.54) is 0 Å². The summed E-state index contributed by atoms with van der Waals surface area (Å²) in [6, 6.07) is 1.97. The van der Waals surface area contributed by atoms with E-state index in [1.54, 1.807) is 0 Å². The zero-order valence-corrected chi connectivity index (χ0v) is 9.72. The molecule has 0 saturated heterocycles. The van der Waals surface area contributed by atoms with Crippen LogP contribution in [0.2, 0.25) is 0 Å². The number of hydrogen-bond acceptors (Lipinski definition) is 2. The third kappa shape index (κ3) is 4.27. The van der Waals surface area contributed by atoms with Gasteiger partial charge in [-0.3, -0.25) is 4.79 Å². The molecule has 0 aromatic carbocycles. The summed E-state index contributed by atoms with van der Waals surface area (Å²) in [4.78, 5) is 11.3. The van der Waals surface area contributed by atoms with Gasteiger partial charge >= 0.3 is 0 Å². The Kier molecular flexibility index (Phi) is 4.62. The first-order valence-corrected chi connectivity index (χ1v) is 4.95. The van der Waals surface area contributed by atoms with Crippen molar-refractivity contribution in [3.8, 4) is 6.07 Å². The Hall–Kier alpha value is -1.04. The topological polar surface area (TPSA) is 52.9 Å². The highest BCUT2D eigenvalue weighted by molar-refractivity contribution is 5.78. The molecular formula is C11H22N2O. The highest BCUT2D eigenvalue weighted by atomic mass is 16.1. The second-order valence-electron chi connectivity index (χ2n) is 4.99. The van der Waals surface area contributed by atoms with Crippen molar-refractivity contribution >= 4 is 5.91 Å². The lowest BCUT2D eigenvalue weighted by atomic mass is 9.80. The van der Waals surface area contributed by atoms with E-state index in [9.17, 15) is 4.79 Å². The monoisotopic (exact) mass is 198 g/mol. The third-order valence-electron chi connectivity index (χ3n) is 2.16. The van der Waals surface area contributed by atoms with Gasteiger partial charge in [-0.1, -0.05) is 34.6 Å². The summed E-state index contributed by atoms with van der Waals surface area (Å²) in [7, 11) is 0. The fourth-order valence-electron chi connectivity index (χ4n) is 1.68. The van der Waals surface area contributed by atoms with Gasteiger partial charge in [-0.2, -0.15) is 5.26 Å². The quantitative estimate of drug-likeness (QED) is 0.756. The molecule has 82 valence electrons. The number of carbonyl (C=O) groups excluding carboxylic acids is 1. The molecule has 0 spiro atoms. The van der Waals surface area contributed by atoms with E-state index in [4.69, 9.17) is 5.26 Å². The van der Waals surface area contributed by atoms with Gasteiger partial charge in [0.1, 0.15) is 6.42 Å². The zero-order chi connectivity index (χ0) is 11.4. The number of nitrogens with one attached hydrogen (secondary N) is 1. The largest absolute Gasteiger partial charge is 0.352 e. The Balaban J connectivity index is 0. The van der Waals surface area contributed by atoms with E-state index >= 15 is 0 Å². The van der Waals surface area contributed by atoms with Crippen LogP contribution in [0.15, 0.2) is 0 Å². The van der Waals surface area contributed by atoms with Gasteiger partial charge in [0.05, 0.1) is 6.07 Å². The number of nitrogens with zero attached hydrogens (tertiary/aromatic N) is 1. The zero-order valence-electron chi connectivity index (χ0n) is 9.72. The van der Waals surface area contributed by atoms with Crippen molar-refractivity contribution < 1.29 is 6.22 Å². The Morgan fingerprint density at radius 2 is 2.00 bits per heavy atom. The van der Waals surface area contributed by atoms with Crippen molar-refractivity contribution in [3.63, 3.8) is 0 Å². The van der Waals surface area contributed by atoms with Crippen LogP contribution >= 0.6 is 0 Å². The SMILES string of the molecule is CC(C)[C@@H](NC(=O)CC#N)C(C)(C)C.[HH]. The second-order valence-corrected chi connectivity index (χ2v) is 4.99. The first kappa shape index (κ1) is 13.0. The average Bonchev–Trinajstić information content (AvgIpc) is 1.98. The van der Waals surface area contributed by atoms with Crippen molar-refractivity contribution in [2.75, 3.05) is 0 Å². The van der Waals surface area contributed by atoms with Crippen molar-refractivity contribution in [2.24, 2.45) is 11.3 Å². The van der Waals surface area contributed by atoms with Crippen LogP contribution in [0.5, 0.6) is 0 Å². The standard InChI is InChI=1S/C11H20N2O.H2/c1-8(2)10(11(3,4)5)13-9(14)6-7-12;/h8,10H,6H2,1-5H3,(H,13,14);1H/t10-;/m1./s1. The Bertz CT molecular complexity index is 238. The predicted molar refractivity (Wildman–Crippen MR) is 58.6 cm³/mol. The molecule has 0 heterocycles. The van der Waals surface area contributed by atoms with Crippen LogP contribution < -0.4 is 5.32 Å². The Morgan fingerprint density at radius 1 is 1.50 bits per heavy atom. The Labute approximate surface area is 88.0 Å². The molecule has 0 aliphatic carbocycles. The number of rotatable bonds is 3. The summed E-state index contributed by atoms with van der Waals surface area (Å²) >= 11 is 0. The predicted octanol–water partition coefficient (Wildman–Crippen LogP) is 2.33. The minimum absolute atomic E-state index is 0. The van der Waals surface area contributed by atoms with E-state index in [0.717, 1.165) is 0 Å². The van der Waals surface area contributed by atoms with Crippen molar-refractivity contribution in [1.29, 1.82) is 5.26 Å². The smallest absolute Gasteiger partial charge is 0.234 e. The average molecular weight is 198 g/mol. The van der Waals surface area contributed by atoms with Gasteiger partial charge in [0, 0.05) is 7.47 Å². The summed E-state index contributed by atoms with van der Waals surface area (Å²) in [5.74, 6) is 0.193. The first-order chi connectivity index (χ1) is 6.29. The van der Waals surface area contributed by atoms with Gasteiger partial charge in [-0.05, 0) is 11.3 Å². The van der Waals surface area contributed by atoms with Crippen molar-refractivity contribution in [2.45, 2.75) is 47.1 Å². The number of nitriles is 1. The summed E-state index contributed by atoms with van der Waals surface area (Å²) < 4.78 is 0. The maximum atomic E-state index is 11.3.